The zero-order valence-corrected chi connectivity index (χ0v) is 10.1. The number of anilines is 1. The Hall–Kier alpha value is -1.90. The molecule has 0 radical (unpaired) electrons. The molecule has 1 aromatic carbocycles. The molecule has 2 aromatic rings. The van der Waals surface area contributed by atoms with Gasteiger partial charge in [0.25, 0.3) is 0 Å². The predicted molar refractivity (Wildman–Crippen MR) is 69.7 cm³/mol. The lowest BCUT2D eigenvalue weighted by molar-refractivity contribution is 0.836. The maximum Gasteiger partial charge on any atom is 0.131 e. The van der Waals surface area contributed by atoms with Crippen molar-refractivity contribution in [2.45, 2.75) is 26.2 Å². The van der Waals surface area contributed by atoms with Gasteiger partial charge in [-0.2, -0.15) is 0 Å². The smallest absolute Gasteiger partial charge is 0.131 e. The lowest BCUT2D eigenvalue weighted by Gasteiger charge is -2.04. The number of nitrogen functional groups attached to an aromatic ring is 1. The Morgan fingerprint density at radius 2 is 1.82 bits per heavy atom. The molecule has 0 unspecified atom stereocenters. The standard InChI is InChI=1S/C14H17N3/c1-2-12-10-13(15)17-14(16-12)9-8-11-6-4-3-5-7-11/h3-7,10H,2,8-9H2,1H3,(H2,15,16,17). The minimum atomic E-state index is 0.569. The van der Waals surface area contributed by atoms with Crippen molar-refractivity contribution >= 4 is 5.82 Å². The van der Waals surface area contributed by atoms with Gasteiger partial charge in [-0.1, -0.05) is 37.3 Å². The molecule has 2 rings (SSSR count). The fraction of sp³-hybridized carbons (Fsp3) is 0.286. The zero-order chi connectivity index (χ0) is 12.1. The Kier molecular flexibility index (Phi) is 3.70. The molecule has 17 heavy (non-hydrogen) atoms. The summed E-state index contributed by atoms with van der Waals surface area (Å²) in [5, 5.41) is 0. The minimum Gasteiger partial charge on any atom is -0.384 e. The largest absolute Gasteiger partial charge is 0.384 e. The summed E-state index contributed by atoms with van der Waals surface area (Å²) in [6, 6.07) is 12.2. The molecule has 0 fully saturated rings. The molecular formula is C14H17N3. The van der Waals surface area contributed by atoms with E-state index in [4.69, 9.17) is 5.73 Å². The Morgan fingerprint density at radius 1 is 1.06 bits per heavy atom. The van der Waals surface area contributed by atoms with E-state index in [1.54, 1.807) is 0 Å². The monoisotopic (exact) mass is 227 g/mol. The number of aromatic nitrogens is 2. The van der Waals surface area contributed by atoms with Gasteiger partial charge in [0, 0.05) is 18.2 Å². The normalized spacial score (nSPS) is 10.4. The van der Waals surface area contributed by atoms with Crippen LogP contribution in [0.4, 0.5) is 5.82 Å². The number of rotatable bonds is 4. The van der Waals surface area contributed by atoms with E-state index in [0.717, 1.165) is 30.8 Å². The third-order valence-electron chi connectivity index (χ3n) is 2.69. The zero-order valence-electron chi connectivity index (χ0n) is 10.1. The molecule has 3 nitrogen and oxygen atoms in total. The van der Waals surface area contributed by atoms with Crippen LogP contribution in [0.2, 0.25) is 0 Å². The summed E-state index contributed by atoms with van der Waals surface area (Å²) in [5.41, 5.74) is 8.07. The first-order chi connectivity index (χ1) is 8.28. The van der Waals surface area contributed by atoms with Crippen molar-refractivity contribution < 1.29 is 0 Å². The molecule has 0 saturated carbocycles. The van der Waals surface area contributed by atoms with Crippen LogP contribution >= 0.6 is 0 Å². The summed E-state index contributed by atoms with van der Waals surface area (Å²) in [6.07, 6.45) is 2.68. The Bertz CT molecular complexity index is 480. The number of nitrogens with two attached hydrogens (primary N) is 1. The maximum absolute atomic E-state index is 5.75. The fourth-order valence-corrected chi connectivity index (χ4v) is 1.77. The van der Waals surface area contributed by atoms with Crippen LogP contribution in [-0.2, 0) is 19.3 Å². The maximum atomic E-state index is 5.75. The van der Waals surface area contributed by atoms with Gasteiger partial charge in [0.15, 0.2) is 0 Å². The molecule has 0 aliphatic carbocycles. The van der Waals surface area contributed by atoms with E-state index >= 15 is 0 Å². The summed E-state index contributed by atoms with van der Waals surface area (Å²) in [5.74, 6) is 1.41. The van der Waals surface area contributed by atoms with Crippen molar-refractivity contribution in [1.29, 1.82) is 0 Å². The molecule has 0 bridgehead atoms. The molecule has 1 aromatic heterocycles. The second-order valence-electron chi connectivity index (χ2n) is 4.04. The molecule has 1 heterocycles. The van der Waals surface area contributed by atoms with Gasteiger partial charge in [0.1, 0.15) is 11.6 Å². The quantitative estimate of drug-likeness (QED) is 0.872. The third kappa shape index (κ3) is 3.28. The second kappa shape index (κ2) is 5.43. The van der Waals surface area contributed by atoms with Gasteiger partial charge in [0.05, 0.1) is 0 Å². The predicted octanol–water partition coefficient (Wildman–Crippen LogP) is 2.41. The summed E-state index contributed by atoms with van der Waals surface area (Å²) in [4.78, 5) is 8.74. The van der Waals surface area contributed by atoms with E-state index in [2.05, 4.69) is 29.0 Å². The van der Waals surface area contributed by atoms with Crippen molar-refractivity contribution in [2.24, 2.45) is 0 Å². The van der Waals surface area contributed by atoms with Crippen molar-refractivity contribution in [1.82, 2.24) is 9.97 Å². The first kappa shape index (κ1) is 11.6. The average Bonchev–Trinajstić information content (AvgIpc) is 2.37. The van der Waals surface area contributed by atoms with Gasteiger partial charge in [0.2, 0.25) is 0 Å². The van der Waals surface area contributed by atoms with E-state index in [0.29, 0.717) is 5.82 Å². The molecule has 88 valence electrons. The number of hydrogen-bond acceptors (Lipinski definition) is 3. The van der Waals surface area contributed by atoms with Crippen molar-refractivity contribution in [3.63, 3.8) is 0 Å². The van der Waals surface area contributed by atoms with Crippen LogP contribution in [0.5, 0.6) is 0 Å². The highest BCUT2D eigenvalue weighted by atomic mass is 14.9. The number of aryl methyl sites for hydroxylation is 3. The van der Waals surface area contributed by atoms with Crippen LogP contribution in [0.1, 0.15) is 24.0 Å². The summed E-state index contributed by atoms with van der Waals surface area (Å²) < 4.78 is 0. The van der Waals surface area contributed by atoms with Crippen molar-refractivity contribution in [3.8, 4) is 0 Å². The Labute approximate surface area is 102 Å². The van der Waals surface area contributed by atoms with Gasteiger partial charge in [-0.05, 0) is 18.4 Å². The van der Waals surface area contributed by atoms with Gasteiger partial charge in [-0.25, -0.2) is 9.97 Å². The van der Waals surface area contributed by atoms with Gasteiger partial charge < -0.3 is 5.73 Å². The van der Waals surface area contributed by atoms with E-state index in [9.17, 15) is 0 Å². The van der Waals surface area contributed by atoms with Crippen molar-refractivity contribution in [2.75, 3.05) is 5.73 Å². The molecular weight excluding hydrogens is 210 g/mol. The lowest BCUT2D eigenvalue weighted by atomic mass is 10.1. The molecule has 0 aliphatic rings. The highest BCUT2D eigenvalue weighted by molar-refractivity contribution is 5.30. The van der Waals surface area contributed by atoms with E-state index < -0.39 is 0 Å². The summed E-state index contributed by atoms with van der Waals surface area (Å²) in [7, 11) is 0. The molecule has 0 saturated heterocycles. The first-order valence-electron chi connectivity index (χ1n) is 5.94. The number of benzene rings is 1. The molecule has 0 aliphatic heterocycles. The van der Waals surface area contributed by atoms with Crippen LogP contribution in [-0.4, -0.2) is 9.97 Å². The topological polar surface area (TPSA) is 51.8 Å². The number of hydrogen-bond donors (Lipinski definition) is 1. The van der Waals surface area contributed by atoms with Crippen LogP contribution < -0.4 is 5.73 Å². The Balaban J connectivity index is 2.06. The second-order valence-corrected chi connectivity index (χ2v) is 4.04. The molecule has 0 atom stereocenters. The SMILES string of the molecule is CCc1cc(N)nc(CCc2ccccc2)n1. The van der Waals surface area contributed by atoms with Gasteiger partial charge in [-0.3, -0.25) is 0 Å². The van der Waals surface area contributed by atoms with E-state index in [1.165, 1.54) is 5.56 Å². The molecule has 0 spiro atoms. The highest BCUT2D eigenvalue weighted by Crippen LogP contribution is 2.07. The average molecular weight is 227 g/mol. The van der Waals surface area contributed by atoms with Crippen LogP contribution in [0.15, 0.2) is 36.4 Å². The summed E-state index contributed by atoms with van der Waals surface area (Å²) in [6.45, 7) is 2.07. The van der Waals surface area contributed by atoms with Crippen LogP contribution in [0.25, 0.3) is 0 Å². The lowest BCUT2D eigenvalue weighted by Crippen LogP contribution is -2.04. The van der Waals surface area contributed by atoms with Gasteiger partial charge in [-0.15, -0.1) is 0 Å². The van der Waals surface area contributed by atoms with Crippen molar-refractivity contribution in [3.05, 3.63) is 53.5 Å². The minimum absolute atomic E-state index is 0.569. The molecule has 3 heteroatoms. The molecule has 2 N–H and O–H groups in total. The van der Waals surface area contributed by atoms with Crippen LogP contribution in [0, 0.1) is 0 Å². The van der Waals surface area contributed by atoms with Gasteiger partial charge >= 0.3 is 0 Å². The first-order valence-corrected chi connectivity index (χ1v) is 5.94. The Morgan fingerprint density at radius 3 is 2.53 bits per heavy atom. The summed E-state index contributed by atoms with van der Waals surface area (Å²) >= 11 is 0. The number of nitrogens with zero attached hydrogens (tertiary/aromatic N) is 2. The van der Waals surface area contributed by atoms with E-state index in [1.807, 2.05) is 24.3 Å². The highest BCUT2D eigenvalue weighted by Gasteiger charge is 2.02. The third-order valence-corrected chi connectivity index (χ3v) is 2.69. The van der Waals surface area contributed by atoms with E-state index in [-0.39, 0.29) is 0 Å². The molecule has 0 amide bonds. The van der Waals surface area contributed by atoms with Crippen LogP contribution in [0.3, 0.4) is 0 Å². The fourth-order valence-electron chi connectivity index (χ4n) is 1.77.